The molecule has 0 fully saturated rings. The minimum Gasteiger partial charge on any atom is -0.351 e. The molecule has 1 amide bonds. The number of thioether (sulfide) groups is 1. The molecule has 3 heteroatoms. The molecule has 104 valence electrons. The quantitative estimate of drug-likeness (QED) is 0.843. The Morgan fingerprint density at radius 3 is 2.35 bits per heavy atom. The molecule has 1 atom stereocenters. The van der Waals surface area contributed by atoms with E-state index in [1.54, 1.807) is 11.8 Å². The van der Waals surface area contributed by atoms with Crippen molar-refractivity contribution in [2.24, 2.45) is 0 Å². The minimum absolute atomic E-state index is 0.0135. The normalized spacial score (nSPS) is 11.9. The van der Waals surface area contributed by atoms with Gasteiger partial charge in [-0.2, -0.15) is 0 Å². The van der Waals surface area contributed by atoms with Gasteiger partial charge in [-0.25, -0.2) is 0 Å². The van der Waals surface area contributed by atoms with Crippen LogP contribution in [0.15, 0.2) is 59.5 Å². The molecule has 0 aliphatic heterocycles. The van der Waals surface area contributed by atoms with Gasteiger partial charge in [-0.1, -0.05) is 37.3 Å². The van der Waals surface area contributed by atoms with Crippen LogP contribution in [-0.2, 0) is 0 Å². The fourth-order valence-electron chi connectivity index (χ4n) is 1.99. The van der Waals surface area contributed by atoms with Gasteiger partial charge in [-0.05, 0) is 42.0 Å². The van der Waals surface area contributed by atoms with Crippen LogP contribution in [0.25, 0.3) is 0 Å². The van der Waals surface area contributed by atoms with Crippen LogP contribution in [0.1, 0.15) is 28.8 Å². The van der Waals surface area contributed by atoms with Gasteiger partial charge in [-0.3, -0.25) is 4.79 Å². The molecule has 0 heterocycles. The molecule has 2 nitrogen and oxygen atoms in total. The second-order valence-electron chi connectivity index (χ2n) is 4.75. The zero-order valence-electron chi connectivity index (χ0n) is 11.8. The van der Waals surface area contributed by atoms with E-state index in [1.807, 2.05) is 48.7 Å². The van der Waals surface area contributed by atoms with Crippen molar-refractivity contribution in [1.29, 1.82) is 0 Å². The van der Waals surface area contributed by atoms with Crippen molar-refractivity contribution in [1.82, 2.24) is 5.32 Å². The summed E-state index contributed by atoms with van der Waals surface area (Å²) in [4.78, 5) is 13.2. The number of hydrogen-bond acceptors (Lipinski definition) is 2. The SMILES string of the molecule is CSc1ccc(C(=O)NC[C@@H](C)c2ccccc2)cc1. The summed E-state index contributed by atoms with van der Waals surface area (Å²) in [6, 6.07) is 17.9. The van der Waals surface area contributed by atoms with Gasteiger partial charge in [-0.15, -0.1) is 11.8 Å². The predicted octanol–water partition coefficient (Wildman–Crippen LogP) is 3.94. The van der Waals surface area contributed by atoms with Gasteiger partial charge in [0.25, 0.3) is 5.91 Å². The number of rotatable bonds is 5. The molecule has 0 spiro atoms. The van der Waals surface area contributed by atoms with Crippen molar-refractivity contribution in [3.63, 3.8) is 0 Å². The van der Waals surface area contributed by atoms with Crippen LogP contribution in [0.3, 0.4) is 0 Å². The third-order valence-corrected chi connectivity index (χ3v) is 4.03. The smallest absolute Gasteiger partial charge is 0.251 e. The van der Waals surface area contributed by atoms with Crippen molar-refractivity contribution in [3.8, 4) is 0 Å². The highest BCUT2D eigenvalue weighted by Gasteiger charge is 2.09. The van der Waals surface area contributed by atoms with E-state index in [-0.39, 0.29) is 5.91 Å². The lowest BCUT2D eigenvalue weighted by molar-refractivity contribution is 0.0951. The largest absolute Gasteiger partial charge is 0.351 e. The van der Waals surface area contributed by atoms with E-state index in [2.05, 4.69) is 24.4 Å². The van der Waals surface area contributed by atoms with Crippen LogP contribution < -0.4 is 5.32 Å². The van der Waals surface area contributed by atoms with Gasteiger partial charge in [0.15, 0.2) is 0 Å². The van der Waals surface area contributed by atoms with E-state index >= 15 is 0 Å². The molecule has 0 aromatic heterocycles. The second kappa shape index (κ2) is 7.15. The number of carbonyl (C=O) groups excluding carboxylic acids is 1. The third-order valence-electron chi connectivity index (χ3n) is 3.29. The summed E-state index contributed by atoms with van der Waals surface area (Å²) in [7, 11) is 0. The summed E-state index contributed by atoms with van der Waals surface area (Å²) in [6.45, 7) is 2.76. The van der Waals surface area contributed by atoms with Gasteiger partial charge >= 0.3 is 0 Å². The maximum Gasteiger partial charge on any atom is 0.251 e. The van der Waals surface area contributed by atoms with Crippen molar-refractivity contribution in [2.45, 2.75) is 17.7 Å². The van der Waals surface area contributed by atoms with Crippen LogP contribution in [-0.4, -0.2) is 18.7 Å². The molecule has 0 radical (unpaired) electrons. The average molecular weight is 285 g/mol. The molecule has 0 aliphatic carbocycles. The first-order valence-electron chi connectivity index (χ1n) is 6.68. The topological polar surface area (TPSA) is 29.1 Å². The average Bonchev–Trinajstić information content (AvgIpc) is 2.53. The van der Waals surface area contributed by atoms with Crippen molar-refractivity contribution >= 4 is 17.7 Å². The fourth-order valence-corrected chi connectivity index (χ4v) is 2.40. The highest BCUT2D eigenvalue weighted by molar-refractivity contribution is 7.98. The van der Waals surface area contributed by atoms with Crippen molar-refractivity contribution < 1.29 is 4.79 Å². The molecule has 0 aliphatic rings. The van der Waals surface area contributed by atoms with E-state index in [9.17, 15) is 4.79 Å². The van der Waals surface area contributed by atoms with E-state index in [0.717, 1.165) is 0 Å². The minimum atomic E-state index is -0.0135. The zero-order valence-corrected chi connectivity index (χ0v) is 12.6. The molecule has 2 aromatic carbocycles. The lowest BCUT2D eigenvalue weighted by Gasteiger charge is -2.13. The summed E-state index contributed by atoms with van der Waals surface area (Å²) in [5.74, 6) is 0.297. The van der Waals surface area contributed by atoms with Crippen LogP contribution in [0.4, 0.5) is 0 Å². The number of benzene rings is 2. The first-order chi connectivity index (χ1) is 9.70. The number of amides is 1. The maximum atomic E-state index is 12.1. The molecular weight excluding hydrogens is 266 g/mol. The monoisotopic (exact) mass is 285 g/mol. The summed E-state index contributed by atoms with van der Waals surface area (Å²) in [5, 5.41) is 2.99. The Morgan fingerprint density at radius 1 is 1.10 bits per heavy atom. The van der Waals surface area contributed by atoms with E-state index < -0.39 is 0 Å². The van der Waals surface area contributed by atoms with Crippen LogP contribution >= 0.6 is 11.8 Å². The second-order valence-corrected chi connectivity index (χ2v) is 5.63. The maximum absolute atomic E-state index is 12.1. The summed E-state index contributed by atoms with van der Waals surface area (Å²) >= 11 is 1.67. The van der Waals surface area contributed by atoms with Crippen molar-refractivity contribution in [3.05, 3.63) is 65.7 Å². The third kappa shape index (κ3) is 3.87. The highest BCUT2D eigenvalue weighted by atomic mass is 32.2. The lowest BCUT2D eigenvalue weighted by Crippen LogP contribution is -2.27. The van der Waals surface area contributed by atoms with E-state index in [1.165, 1.54) is 10.5 Å². The molecule has 0 saturated carbocycles. The Balaban J connectivity index is 1.91. The molecule has 0 bridgehead atoms. The Morgan fingerprint density at radius 2 is 1.75 bits per heavy atom. The molecular formula is C17H19NOS. The molecule has 1 N–H and O–H groups in total. The molecule has 0 unspecified atom stereocenters. The summed E-state index contributed by atoms with van der Waals surface area (Å²) in [6.07, 6.45) is 2.02. The van der Waals surface area contributed by atoms with Crippen LogP contribution in [0.5, 0.6) is 0 Å². The van der Waals surface area contributed by atoms with E-state index in [0.29, 0.717) is 18.0 Å². The number of carbonyl (C=O) groups is 1. The molecule has 20 heavy (non-hydrogen) atoms. The van der Waals surface area contributed by atoms with Gasteiger partial charge < -0.3 is 5.32 Å². The Kier molecular flexibility index (Phi) is 5.24. The zero-order chi connectivity index (χ0) is 14.4. The summed E-state index contributed by atoms with van der Waals surface area (Å²) < 4.78 is 0. The fraction of sp³-hybridized carbons (Fsp3) is 0.235. The van der Waals surface area contributed by atoms with Crippen LogP contribution in [0, 0.1) is 0 Å². The standard InChI is InChI=1S/C17H19NOS/c1-13(14-6-4-3-5-7-14)12-18-17(19)15-8-10-16(20-2)11-9-15/h3-11,13H,12H2,1-2H3,(H,18,19)/t13-/m1/s1. The van der Waals surface area contributed by atoms with Gasteiger partial charge in [0, 0.05) is 17.0 Å². The Labute approximate surface area is 124 Å². The van der Waals surface area contributed by atoms with Crippen LogP contribution in [0.2, 0.25) is 0 Å². The van der Waals surface area contributed by atoms with Gasteiger partial charge in [0.2, 0.25) is 0 Å². The summed E-state index contributed by atoms with van der Waals surface area (Å²) in [5.41, 5.74) is 1.95. The Hall–Kier alpha value is -1.74. The first-order valence-corrected chi connectivity index (χ1v) is 7.90. The first kappa shape index (κ1) is 14.7. The Bertz CT molecular complexity index is 551. The predicted molar refractivity (Wildman–Crippen MR) is 85.4 cm³/mol. The van der Waals surface area contributed by atoms with Crippen molar-refractivity contribution in [2.75, 3.05) is 12.8 Å². The van der Waals surface area contributed by atoms with Gasteiger partial charge in [0.05, 0.1) is 0 Å². The number of nitrogens with one attached hydrogen (secondary N) is 1. The van der Waals surface area contributed by atoms with Gasteiger partial charge in [0.1, 0.15) is 0 Å². The highest BCUT2D eigenvalue weighted by Crippen LogP contribution is 2.16. The number of hydrogen-bond donors (Lipinski definition) is 1. The molecule has 2 aromatic rings. The van der Waals surface area contributed by atoms with E-state index in [4.69, 9.17) is 0 Å². The molecule has 2 rings (SSSR count). The lowest BCUT2D eigenvalue weighted by atomic mass is 10.0. The molecule has 0 saturated heterocycles.